The smallest absolute Gasteiger partial charge is 0.251 e. The van der Waals surface area contributed by atoms with Crippen LogP contribution in [0.1, 0.15) is 5.56 Å². The molecule has 104 valence electrons. The number of nitrogens with one attached hydrogen (secondary N) is 1. The molecule has 0 spiro atoms. The summed E-state index contributed by atoms with van der Waals surface area (Å²) >= 11 is 11.7. The van der Waals surface area contributed by atoms with Gasteiger partial charge in [0.05, 0.1) is 10.7 Å². The van der Waals surface area contributed by atoms with Crippen LogP contribution < -0.4 is 10.9 Å². The minimum atomic E-state index is -0.333. The van der Waals surface area contributed by atoms with Crippen LogP contribution in [-0.4, -0.2) is 10.5 Å². The van der Waals surface area contributed by atoms with Gasteiger partial charge in [0.1, 0.15) is 6.54 Å². The van der Waals surface area contributed by atoms with Crippen LogP contribution in [0.25, 0.3) is 0 Å². The number of amides is 1. The lowest BCUT2D eigenvalue weighted by molar-refractivity contribution is -0.116. The van der Waals surface area contributed by atoms with Gasteiger partial charge in [-0.05, 0) is 36.8 Å². The van der Waals surface area contributed by atoms with E-state index in [0.29, 0.717) is 15.7 Å². The van der Waals surface area contributed by atoms with Crippen molar-refractivity contribution in [3.8, 4) is 0 Å². The van der Waals surface area contributed by atoms with Gasteiger partial charge in [0.25, 0.3) is 5.56 Å². The first-order valence-electron chi connectivity index (χ1n) is 5.88. The van der Waals surface area contributed by atoms with Gasteiger partial charge in [-0.1, -0.05) is 23.2 Å². The van der Waals surface area contributed by atoms with Crippen molar-refractivity contribution in [3.63, 3.8) is 0 Å². The number of nitrogens with zero attached hydrogens (tertiary/aromatic N) is 1. The molecular weight excluding hydrogens is 299 g/mol. The maximum atomic E-state index is 11.9. The normalized spacial score (nSPS) is 10.3. The highest BCUT2D eigenvalue weighted by molar-refractivity contribution is 6.36. The van der Waals surface area contributed by atoms with Crippen LogP contribution in [0.3, 0.4) is 0 Å². The zero-order chi connectivity index (χ0) is 14.7. The van der Waals surface area contributed by atoms with Crippen molar-refractivity contribution in [2.75, 3.05) is 5.32 Å². The van der Waals surface area contributed by atoms with E-state index in [1.165, 1.54) is 16.7 Å². The topological polar surface area (TPSA) is 51.1 Å². The Balaban J connectivity index is 2.11. The molecule has 0 saturated carbocycles. The fraction of sp³-hybridized carbons (Fsp3) is 0.143. The Hall–Kier alpha value is -1.78. The number of anilines is 1. The summed E-state index contributed by atoms with van der Waals surface area (Å²) in [6.45, 7) is 1.75. The fourth-order valence-corrected chi connectivity index (χ4v) is 2.13. The highest BCUT2D eigenvalue weighted by Crippen LogP contribution is 2.25. The molecule has 0 aliphatic heterocycles. The van der Waals surface area contributed by atoms with Crippen LogP contribution >= 0.6 is 23.2 Å². The second-order valence-electron chi connectivity index (χ2n) is 4.34. The molecule has 1 amide bonds. The predicted octanol–water partition coefficient (Wildman–Crippen LogP) is 3.10. The van der Waals surface area contributed by atoms with E-state index in [0.717, 1.165) is 5.56 Å². The lowest BCUT2D eigenvalue weighted by atomic mass is 10.3. The van der Waals surface area contributed by atoms with E-state index in [1.54, 1.807) is 24.4 Å². The molecule has 2 rings (SSSR count). The van der Waals surface area contributed by atoms with Crippen molar-refractivity contribution in [3.05, 3.63) is 62.5 Å². The molecule has 0 atom stereocenters. The first kappa shape index (κ1) is 14.6. The van der Waals surface area contributed by atoms with Crippen LogP contribution in [0, 0.1) is 6.92 Å². The molecule has 1 aromatic heterocycles. The van der Waals surface area contributed by atoms with Crippen molar-refractivity contribution in [1.29, 1.82) is 0 Å². The molecule has 4 nitrogen and oxygen atoms in total. The minimum absolute atomic E-state index is 0.0714. The molecule has 6 heteroatoms. The molecule has 1 aromatic carbocycles. The number of hydrogen-bond donors (Lipinski definition) is 1. The van der Waals surface area contributed by atoms with Crippen molar-refractivity contribution in [2.45, 2.75) is 13.5 Å². The Morgan fingerprint density at radius 3 is 2.65 bits per heavy atom. The van der Waals surface area contributed by atoms with Crippen LogP contribution in [0.2, 0.25) is 10.0 Å². The summed E-state index contributed by atoms with van der Waals surface area (Å²) in [6, 6.07) is 8.02. The molecule has 20 heavy (non-hydrogen) atoms. The first-order chi connectivity index (χ1) is 9.45. The molecule has 1 heterocycles. The van der Waals surface area contributed by atoms with Crippen molar-refractivity contribution >= 4 is 34.8 Å². The SMILES string of the molecule is Cc1ccn(CC(=O)Nc2ccc(Cl)cc2Cl)c(=O)c1. The van der Waals surface area contributed by atoms with E-state index >= 15 is 0 Å². The summed E-state index contributed by atoms with van der Waals surface area (Å²) in [6.07, 6.45) is 1.58. The van der Waals surface area contributed by atoms with E-state index < -0.39 is 0 Å². The second-order valence-corrected chi connectivity index (χ2v) is 5.19. The quantitative estimate of drug-likeness (QED) is 0.947. The molecule has 0 aliphatic carbocycles. The largest absolute Gasteiger partial charge is 0.323 e. The van der Waals surface area contributed by atoms with Crippen LogP contribution in [0.4, 0.5) is 5.69 Å². The van der Waals surface area contributed by atoms with E-state index in [9.17, 15) is 9.59 Å². The van der Waals surface area contributed by atoms with E-state index in [2.05, 4.69) is 5.32 Å². The average Bonchev–Trinajstić information content (AvgIpc) is 2.36. The number of benzene rings is 1. The average molecular weight is 311 g/mol. The second kappa shape index (κ2) is 6.11. The number of aryl methyl sites for hydroxylation is 1. The molecule has 0 saturated heterocycles. The third-order valence-electron chi connectivity index (χ3n) is 2.67. The van der Waals surface area contributed by atoms with Crippen LogP contribution in [0.5, 0.6) is 0 Å². The summed E-state index contributed by atoms with van der Waals surface area (Å²) < 4.78 is 1.33. The van der Waals surface area contributed by atoms with Gasteiger partial charge in [-0.15, -0.1) is 0 Å². The third kappa shape index (κ3) is 3.62. The molecule has 0 unspecified atom stereocenters. The number of hydrogen-bond acceptors (Lipinski definition) is 2. The van der Waals surface area contributed by atoms with Gasteiger partial charge in [0.2, 0.25) is 5.91 Å². The fourth-order valence-electron chi connectivity index (χ4n) is 1.67. The van der Waals surface area contributed by atoms with Gasteiger partial charge in [-0.25, -0.2) is 0 Å². The van der Waals surface area contributed by atoms with Crippen LogP contribution in [0.15, 0.2) is 41.3 Å². The molecule has 0 aliphatic rings. The van der Waals surface area contributed by atoms with Gasteiger partial charge < -0.3 is 9.88 Å². The van der Waals surface area contributed by atoms with Gasteiger partial charge in [0, 0.05) is 17.3 Å². The Kier molecular flexibility index (Phi) is 4.47. The van der Waals surface area contributed by atoms with E-state index in [4.69, 9.17) is 23.2 Å². The standard InChI is InChI=1S/C14H12Cl2N2O2/c1-9-4-5-18(14(20)6-9)8-13(19)17-12-3-2-10(15)7-11(12)16/h2-7H,8H2,1H3,(H,17,19). The van der Waals surface area contributed by atoms with Crippen molar-refractivity contribution < 1.29 is 4.79 Å². The maximum Gasteiger partial charge on any atom is 0.251 e. The van der Waals surface area contributed by atoms with Gasteiger partial charge in [-0.3, -0.25) is 9.59 Å². The number of rotatable bonds is 3. The Morgan fingerprint density at radius 1 is 1.25 bits per heavy atom. The number of aromatic nitrogens is 1. The van der Waals surface area contributed by atoms with E-state index in [1.807, 2.05) is 6.92 Å². The number of carbonyl (C=O) groups is 1. The van der Waals surface area contributed by atoms with Gasteiger partial charge in [-0.2, -0.15) is 0 Å². The lowest BCUT2D eigenvalue weighted by Gasteiger charge is -2.09. The highest BCUT2D eigenvalue weighted by Gasteiger charge is 2.08. The van der Waals surface area contributed by atoms with Crippen molar-refractivity contribution in [1.82, 2.24) is 4.57 Å². The summed E-state index contributed by atoms with van der Waals surface area (Å²) in [4.78, 5) is 23.6. The Bertz CT molecular complexity index is 711. The van der Waals surface area contributed by atoms with Gasteiger partial charge in [0.15, 0.2) is 0 Å². The highest BCUT2D eigenvalue weighted by atomic mass is 35.5. The molecule has 0 radical (unpaired) electrons. The zero-order valence-corrected chi connectivity index (χ0v) is 12.2. The van der Waals surface area contributed by atoms with E-state index in [-0.39, 0.29) is 18.0 Å². The molecular formula is C14H12Cl2N2O2. The zero-order valence-electron chi connectivity index (χ0n) is 10.7. The number of carbonyl (C=O) groups excluding carboxylic acids is 1. The summed E-state index contributed by atoms with van der Waals surface area (Å²) in [7, 11) is 0. The minimum Gasteiger partial charge on any atom is -0.323 e. The number of pyridine rings is 1. The first-order valence-corrected chi connectivity index (χ1v) is 6.63. The maximum absolute atomic E-state index is 11.9. The molecule has 1 N–H and O–H groups in total. The summed E-state index contributed by atoms with van der Waals surface area (Å²) in [5.74, 6) is -0.333. The Labute approximate surface area is 125 Å². The number of halogens is 2. The summed E-state index contributed by atoms with van der Waals surface area (Å²) in [5, 5.41) is 3.48. The van der Waals surface area contributed by atoms with Crippen LogP contribution in [-0.2, 0) is 11.3 Å². The summed E-state index contributed by atoms with van der Waals surface area (Å²) in [5.41, 5.74) is 1.09. The molecule has 0 fully saturated rings. The third-order valence-corrected chi connectivity index (χ3v) is 3.22. The molecule has 2 aromatic rings. The van der Waals surface area contributed by atoms with Crippen molar-refractivity contribution in [2.24, 2.45) is 0 Å². The van der Waals surface area contributed by atoms with Gasteiger partial charge >= 0.3 is 0 Å². The molecule has 0 bridgehead atoms. The monoisotopic (exact) mass is 310 g/mol. The lowest BCUT2D eigenvalue weighted by Crippen LogP contribution is -2.26. The Morgan fingerprint density at radius 2 is 2.00 bits per heavy atom. The predicted molar refractivity (Wildman–Crippen MR) is 80.5 cm³/mol.